The molecule has 224 valence electrons. The third-order valence-electron chi connectivity index (χ3n) is 9.12. The number of allylic oxidation sites excluding steroid dienone is 2. The van der Waals surface area contributed by atoms with E-state index in [-0.39, 0.29) is 43.2 Å². The Hall–Kier alpha value is -3.05. The van der Waals surface area contributed by atoms with Crippen molar-refractivity contribution < 1.29 is 33.8 Å². The molecule has 9 nitrogen and oxygen atoms in total. The summed E-state index contributed by atoms with van der Waals surface area (Å²) in [4.78, 5) is 65.5. The number of carbonyl (C=O) groups excluding carboxylic acids is 5. The summed E-state index contributed by atoms with van der Waals surface area (Å²) in [6.45, 7) is 1.37. The second-order valence-corrected chi connectivity index (χ2v) is 13.0. The number of fused-ring (bicyclic) bond motifs is 4. The van der Waals surface area contributed by atoms with Crippen LogP contribution in [0.4, 0.5) is 5.69 Å². The zero-order valence-electron chi connectivity index (χ0n) is 23.0. The molecular weight excluding hydrogens is 663 g/mol. The quantitative estimate of drug-likeness (QED) is 0.152. The van der Waals surface area contributed by atoms with E-state index in [0.29, 0.717) is 28.1 Å². The monoisotopic (exact) mass is 688 g/mol. The average Bonchev–Trinajstić information content (AvgIpc) is 3.34. The van der Waals surface area contributed by atoms with Crippen LogP contribution in [0.25, 0.3) is 0 Å². The fourth-order valence-electron chi connectivity index (χ4n) is 7.15. The first-order valence-corrected chi connectivity index (χ1v) is 15.7. The van der Waals surface area contributed by atoms with Crippen LogP contribution in [-0.2, 0) is 19.2 Å². The molecule has 6 atom stereocenters. The van der Waals surface area contributed by atoms with Crippen LogP contribution in [-0.4, -0.2) is 67.8 Å². The largest absolute Gasteiger partial charge is 0.491 e. The highest BCUT2D eigenvalue weighted by Crippen LogP contribution is 2.65. The average molecular weight is 690 g/mol. The number of imide groups is 2. The summed E-state index contributed by atoms with van der Waals surface area (Å²) in [5, 5.41) is 9.11. The Morgan fingerprint density at radius 2 is 1.67 bits per heavy atom. The van der Waals surface area contributed by atoms with Crippen molar-refractivity contribution in [2.24, 2.45) is 17.8 Å². The van der Waals surface area contributed by atoms with Gasteiger partial charge in [0.15, 0.2) is 15.5 Å². The summed E-state index contributed by atoms with van der Waals surface area (Å²) in [6, 6.07) is 13.1. The van der Waals surface area contributed by atoms with Gasteiger partial charge in [-0.15, -0.1) is 23.2 Å². The van der Waals surface area contributed by atoms with E-state index in [4.69, 9.17) is 33.0 Å². The molecule has 3 fully saturated rings. The molecule has 0 radical (unpaired) electrons. The molecule has 2 heterocycles. The van der Waals surface area contributed by atoms with Crippen LogP contribution in [0.5, 0.6) is 5.75 Å². The first-order valence-electron chi connectivity index (χ1n) is 13.8. The summed E-state index contributed by atoms with van der Waals surface area (Å²) < 4.78 is 5.50. The van der Waals surface area contributed by atoms with Crippen molar-refractivity contribution in [3.05, 3.63) is 71.3 Å². The number of likely N-dealkylation sites (tertiary alicyclic amines) is 1. The van der Waals surface area contributed by atoms with Gasteiger partial charge in [0.05, 0.1) is 29.6 Å². The number of hydrogen-bond acceptors (Lipinski definition) is 7. The van der Waals surface area contributed by atoms with Crippen LogP contribution in [0.2, 0.25) is 0 Å². The van der Waals surface area contributed by atoms with Crippen molar-refractivity contribution in [2.45, 2.75) is 35.4 Å². The molecule has 2 aromatic carbocycles. The number of carbonyl (C=O) groups is 5. The van der Waals surface area contributed by atoms with Gasteiger partial charge in [0.1, 0.15) is 12.4 Å². The Morgan fingerprint density at radius 1 is 1.00 bits per heavy atom. The summed E-state index contributed by atoms with van der Waals surface area (Å²) in [7, 11) is 0. The second kappa shape index (κ2) is 10.8. The smallest absolute Gasteiger partial charge is 0.254 e. The number of ether oxygens (including phenoxy) is 1. The maximum absolute atomic E-state index is 14.1. The minimum atomic E-state index is -1.89. The van der Waals surface area contributed by atoms with Crippen LogP contribution in [0, 0.1) is 17.8 Å². The first-order chi connectivity index (χ1) is 20.5. The lowest BCUT2D eigenvalue weighted by Crippen LogP contribution is -2.60. The molecule has 2 saturated heterocycles. The van der Waals surface area contributed by atoms with Gasteiger partial charge in [-0.1, -0.05) is 39.7 Å². The summed E-state index contributed by atoms with van der Waals surface area (Å²) in [5.74, 6) is -4.79. The van der Waals surface area contributed by atoms with Crippen LogP contribution >= 0.6 is 39.1 Å². The Kier molecular flexibility index (Phi) is 7.56. The lowest BCUT2D eigenvalue weighted by Gasteiger charge is -2.50. The molecule has 43 heavy (non-hydrogen) atoms. The number of benzene rings is 2. The molecule has 0 spiro atoms. The van der Waals surface area contributed by atoms with Gasteiger partial charge < -0.3 is 9.84 Å². The number of ketones is 1. The summed E-state index contributed by atoms with van der Waals surface area (Å²) >= 11 is 17.7. The van der Waals surface area contributed by atoms with Crippen LogP contribution in [0.1, 0.15) is 41.6 Å². The molecule has 2 aliphatic heterocycles. The number of hydrogen-bond donors (Lipinski definition) is 1. The van der Waals surface area contributed by atoms with Crippen molar-refractivity contribution in [1.82, 2.24) is 4.90 Å². The van der Waals surface area contributed by atoms with Gasteiger partial charge in [-0.25, -0.2) is 0 Å². The molecule has 0 aromatic heterocycles. The van der Waals surface area contributed by atoms with E-state index in [1.165, 1.54) is 6.92 Å². The Labute approximate surface area is 265 Å². The fourth-order valence-corrected chi connectivity index (χ4v) is 8.57. The van der Waals surface area contributed by atoms with E-state index in [1.807, 2.05) is 6.08 Å². The number of nitrogens with zero attached hydrogens (tertiary/aromatic N) is 2. The minimum absolute atomic E-state index is 0.0978. The Bertz CT molecular complexity index is 1580. The van der Waals surface area contributed by atoms with Gasteiger partial charge in [0.25, 0.3) is 11.8 Å². The molecule has 6 unspecified atom stereocenters. The van der Waals surface area contributed by atoms with E-state index in [1.54, 1.807) is 48.5 Å². The predicted octanol–water partition coefficient (Wildman–Crippen LogP) is 4.18. The molecule has 2 aliphatic carbocycles. The first kappa shape index (κ1) is 30.0. The maximum Gasteiger partial charge on any atom is 0.254 e. The number of aliphatic hydroxyl groups is 1. The molecule has 0 bridgehead atoms. The molecule has 12 heteroatoms. The number of halogens is 3. The van der Waals surface area contributed by atoms with Gasteiger partial charge in [-0.2, -0.15) is 0 Å². The van der Waals surface area contributed by atoms with Gasteiger partial charge >= 0.3 is 0 Å². The van der Waals surface area contributed by atoms with Crippen molar-refractivity contribution >= 4 is 74.2 Å². The van der Waals surface area contributed by atoms with Gasteiger partial charge in [0, 0.05) is 11.5 Å². The third-order valence-corrected chi connectivity index (χ3v) is 11.0. The third kappa shape index (κ3) is 4.24. The fraction of sp³-hybridized carbons (Fsp3) is 0.387. The number of aliphatic hydroxyl groups excluding tert-OH is 1. The van der Waals surface area contributed by atoms with Crippen LogP contribution < -0.4 is 9.64 Å². The molecule has 6 rings (SSSR count). The minimum Gasteiger partial charge on any atom is -0.491 e. The van der Waals surface area contributed by atoms with Crippen molar-refractivity contribution in [1.29, 1.82) is 0 Å². The Morgan fingerprint density at radius 3 is 2.28 bits per heavy atom. The van der Waals surface area contributed by atoms with Gasteiger partial charge in [-0.05, 0) is 67.6 Å². The molecule has 2 aromatic rings. The molecule has 1 N–H and O–H groups in total. The normalized spacial score (nSPS) is 31.5. The summed E-state index contributed by atoms with van der Waals surface area (Å²) in [5.41, 5.74) is 1.98. The van der Waals surface area contributed by atoms with Gasteiger partial charge in [-0.3, -0.25) is 33.8 Å². The van der Waals surface area contributed by atoms with E-state index in [9.17, 15) is 24.0 Å². The Balaban J connectivity index is 1.45. The standard InChI is InChI=1S/C31H27BrCl2N2O7/c1-16(38)17-2-6-19(7-3-17)36-26(39)22-11-10-21-23(24(22)27(36)40)14-30(33)28(41)35(15-32)29(42)31(30,34)25(21)18-4-8-20(9-5-18)43-13-12-37/h2-10,22-25,37H,11-15H2,1H3. The molecule has 4 amide bonds. The lowest BCUT2D eigenvalue weighted by atomic mass is 9.56. The number of amides is 4. The predicted molar refractivity (Wildman–Crippen MR) is 161 cm³/mol. The van der Waals surface area contributed by atoms with E-state index in [0.717, 1.165) is 9.80 Å². The lowest BCUT2D eigenvalue weighted by molar-refractivity contribution is -0.138. The SMILES string of the molecule is CC(=O)c1ccc(N2C(=O)C3CC=C4C(CC5(Cl)C(=O)N(CBr)C(=O)C5(Cl)C4c4ccc(OCCO)cc4)C3C2=O)cc1. The number of Topliss-reactive ketones (excluding diaryl/α,β-unsaturated/α-hetero) is 1. The summed E-state index contributed by atoms with van der Waals surface area (Å²) in [6.07, 6.45) is 2.00. The second-order valence-electron chi connectivity index (χ2n) is 11.2. The molecule has 4 aliphatic rings. The maximum atomic E-state index is 14.1. The van der Waals surface area contributed by atoms with E-state index < -0.39 is 51.1 Å². The van der Waals surface area contributed by atoms with Crippen LogP contribution in [0.15, 0.2) is 60.2 Å². The zero-order chi connectivity index (χ0) is 30.8. The molecular formula is C31H27BrCl2N2O7. The number of rotatable bonds is 7. The van der Waals surface area contributed by atoms with Crippen LogP contribution in [0.3, 0.4) is 0 Å². The topological polar surface area (TPSA) is 121 Å². The van der Waals surface area contributed by atoms with E-state index in [2.05, 4.69) is 15.9 Å². The van der Waals surface area contributed by atoms with E-state index >= 15 is 0 Å². The zero-order valence-corrected chi connectivity index (χ0v) is 26.1. The molecule has 1 saturated carbocycles. The highest BCUT2D eigenvalue weighted by Gasteiger charge is 2.76. The van der Waals surface area contributed by atoms with Crippen molar-refractivity contribution in [2.75, 3.05) is 23.6 Å². The highest BCUT2D eigenvalue weighted by molar-refractivity contribution is 9.09. The number of alkyl halides is 3. The van der Waals surface area contributed by atoms with Crippen molar-refractivity contribution in [3.63, 3.8) is 0 Å². The number of anilines is 1. The van der Waals surface area contributed by atoms with Gasteiger partial charge in [0.2, 0.25) is 11.8 Å². The highest BCUT2D eigenvalue weighted by atomic mass is 79.9. The van der Waals surface area contributed by atoms with Crippen molar-refractivity contribution in [3.8, 4) is 5.75 Å².